The number of aliphatic imine (C=N–C) groups is 1. The third kappa shape index (κ3) is 5.78. The predicted octanol–water partition coefficient (Wildman–Crippen LogP) is 2.77. The molecule has 1 atom stereocenters. The van der Waals surface area contributed by atoms with Crippen LogP contribution >= 0.6 is 24.0 Å². The van der Waals surface area contributed by atoms with E-state index in [1.54, 1.807) is 14.1 Å². The highest BCUT2D eigenvalue weighted by Gasteiger charge is 2.23. The number of carbonyl (C=O) groups is 1. The second-order valence-electron chi connectivity index (χ2n) is 6.58. The molecule has 5 nitrogen and oxygen atoms in total. The van der Waals surface area contributed by atoms with Gasteiger partial charge in [0.2, 0.25) is 5.91 Å². The predicted molar refractivity (Wildman–Crippen MR) is 110 cm³/mol. The normalized spacial score (nSPS) is 15.0. The topological polar surface area (TPSA) is 47.9 Å². The van der Waals surface area contributed by atoms with Gasteiger partial charge in [0.1, 0.15) is 18.2 Å². The summed E-state index contributed by atoms with van der Waals surface area (Å²) in [5.41, 5.74) is 1.19. The van der Waals surface area contributed by atoms with Crippen molar-refractivity contribution in [1.82, 2.24) is 15.1 Å². The molecule has 8 heteroatoms. The third-order valence-electron chi connectivity index (χ3n) is 4.40. The number of hydrogen-bond donors (Lipinski definition) is 1. The van der Waals surface area contributed by atoms with Crippen molar-refractivity contribution in [3.63, 3.8) is 0 Å². The van der Waals surface area contributed by atoms with Crippen molar-refractivity contribution in [3.05, 3.63) is 34.9 Å². The maximum Gasteiger partial charge on any atom is 0.243 e. The molecule has 0 spiro atoms. The van der Waals surface area contributed by atoms with E-state index < -0.39 is 11.6 Å². The van der Waals surface area contributed by atoms with Crippen molar-refractivity contribution in [2.24, 2.45) is 4.99 Å². The van der Waals surface area contributed by atoms with E-state index in [1.165, 1.54) is 11.0 Å². The van der Waals surface area contributed by atoms with Crippen LogP contribution in [0.4, 0.5) is 8.78 Å². The van der Waals surface area contributed by atoms with Gasteiger partial charge in [-0.1, -0.05) is 6.92 Å². The fourth-order valence-electron chi connectivity index (χ4n) is 2.63. The summed E-state index contributed by atoms with van der Waals surface area (Å²) >= 11 is 0. The molecule has 0 saturated carbocycles. The zero-order valence-corrected chi connectivity index (χ0v) is 18.0. The number of benzene rings is 1. The van der Waals surface area contributed by atoms with E-state index in [4.69, 9.17) is 0 Å². The Morgan fingerprint density at radius 2 is 2.08 bits per heavy atom. The number of guanidine groups is 1. The van der Waals surface area contributed by atoms with Crippen LogP contribution in [-0.4, -0.2) is 54.9 Å². The van der Waals surface area contributed by atoms with Crippen LogP contribution in [-0.2, 0) is 17.8 Å². The number of hydrogen-bond acceptors (Lipinski definition) is 2. The van der Waals surface area contributed by atoms with Crippen LogP contribution in [0.25, 0.3) is 0 Å². The molecule has 1 aromatic rings. The largest absolute Gasteiger partial charge is 0.354 e. The van der Waals surface area contributed by atoms with Crippen molar-refractivity contribution >= 4 is 35.8 Å². The van der Waals surface area contributed by atoms with E-state index in [1.807, 2.05) is 11.8 Å². The van der Waals surface area contributed by atoms with Crippen molar-refractivity contribution < 1.29 is 13.6 Å². The molecule has 26 heavy (non-hydrogen) atoms. The molecule has 0 radical (unpaired) electrons. The molecule has 1 unspecified atom stereocenters. The number of nitrogens with one attached hydrogen (secondary N) is 1. The summed E-state index contributed by atoms with van der Waals surface area (Å²) < 4.78 is 27.4. The van der Waals surface area contributed by atoms with Crippen LogP contribution in [0.2, 0.25) is 0 Å². The van der Waals surface area contributed by atoms with Crippen LogP contribution in [0.3, 0.4) is 0 Å². The standard InChI is InChI=1S/C18H26F2N4O.HI/c1-5-12(2)22-18(21-10-17(25)23(3)4)24-7-6-15-13(11-24)8-14(19)9-16(15)20;/h8-9,12H,5-7,10-11H2,1-4H3,(H,21,22);1H. The number of rotatable bonds is 4. The van der Waals surface area contributed by atoms with E-state index in [2.05, 4.69) is 17.2 Å². The Labute approximate surface area is 170 Å². The molecule has 1 N–H and O–H groups in total. The van der Waals surface area contributed by atoms with Crippen molar-refractivity contribution in [3.8, 4) is 0 Å². The molecular formula is C18H27F2IN4O. The summed E-state index contributed by atoms with van der Waals surface area (Å²) in [6.45, 7) is 5.04. The zero-order valence-electron chi connectivity index (χ0n) is 15.7. The molecular weight excluding hydrogens is 453 g/mol. The second-order valence-corrected chi connectivity index (χ2v) is 6.58. The minimum absolute atomic E-state index is 0. The first-order chi connectivity index (χ1) is 11.8. The van der Waals surface area contributed by atoms with Gasteiger partial charge < -0.3 is 15.1 Å². The van der Waals surface area contributed by atoms with Gasteiger partial charge >= 0.3 is 0 Å². The molecule has 0 saturated heterocycles. The molecule has 146 valence electrons. The molecule has 1 amide bonds. The van der Waals surface area contributed by atoms with Crippen LogP contribution in [0.1, 0.15) is 31.4 Å². The molecule has 0 aliphatic carbocycles. The van der Waals surface area contributed by atoms with Gasteiger partial charge in [0.25, 0.3) is 0 Å². The van der Waals surface area contributed by atoms with Gasteiger partial charge in [-0.3, -0.25) is 4.79 Å². The summed E-state index contributed by atoms with van der Waals surface area (Å²) in [7, 11) is 3.37. The number of carbonyl (C=O) groups excluding carboxylic acids is 1. The van der Waals surface area contributed by atoms with Gasteiger partial charge in [0.05, 0.1) is 0 Å². The third-order valence-corrected chi connectivity index (χ3v) is 4.40. The highest BCUT2D eigenvalue weighted by molar-refractivity contribution is 14.0. The fourth-order valence-corrected chi connectivity index (χ4v) is 2.63. The Morgan fingerprint density at radius 1 is 1.38 bits per heavy atom. The highest BCUT2D eigenvalue weighted by Crippen LogP contribution is 2.23. The fraction of sp³-hybridized carbons (Fsp3) is 0.556. The quantitative estimate of drug-likeness (QED) is 0.410. The van der Waals surface area contributed by atoms with Crippen LogP contribution < -0.4 is 5.32 Å². The Kier molecular flexibility index (Phi) is 8.72. The number of fused-ring (bicyclic) bond motifs is 1. The zero-order chi connectivity index (χ0) is 18.6. The average molecular weight is 480 g/mol. The number of amides is 1. The minimum atomic E-state index is -0.575. The maximum atomic E-state index is 13.9. The van der Waals surface area contributed by atoms with Crippen LogP contribution in [0.5, 0.6) is 0 Å². The second kappa shape index (κ2) is 10.0. The molecule has 0 bridgehead atoms. The summed E-state index contributed by atoms with van der Waals surface area (Å²) in [6.07, 6.45) is 1.37. The lowest BCUT2D eigenvalue weighted by Crippen LogP contribution is -2.47. The molecule has 2 rings (SSSR count). The highest BCUT2D eigenvalue weighted by atomic mass is 127. The summed E-state index contributed by atoms with van der Waals surface area (Å²) in [5.74, 6) is -0.571. The van der Waals surface area contributed by atoms with Gasteiger partial charge in [0, 0.05) is 39.3 Å². The van der Waals surface area contributed by atoms with Crippen LogP contribution in [0.15, 0.2) is 17.1 Å². The smallest absolute Gasteiger partial charge is 0.243 e. The summed E-state index contributed by atoms with van der Waals surface area (Å²) in [5, 5.41) is 3.31. The molecule has 1 heterocycles. The van der Waals surface area contributed by atoms with Gasteiger partial charge in [-0.15, -0.1) is 24.0 Å². The molecule has 1 aromatic carbocycles. The first-order valence-electron chi connectivity index (χ1n) is 8.54. The van der Waals surface area contributed by atoms with E-state index in [0.717, 1.165) is 12.5 Å². The monoisotopic (exact) mass is 480 g/mol. The number of halogens is 3. The Hall–Kier alpha value is -1.45. The van der Waals surface area contributed by atoms with Gasteiger partial charge in [-0.2, -0.15) is 0 Å². The lowest BCUT2D eigenvalue weighted by Gasteiger charge is -2.33. The average Bonchev–Trinajstić information content (AvgIpc) is 2.57. The number of nitrogens with zero attached hydrogens (tertiary/aromatic N) is 3. The maximum absolute atomic E-state index is 13.9. The van der Waals surface area contributed by atoms with E-state index >= 15 is 0 Å². The van der Waals surface area contributed by atoms with Crippen molar-refractivity contribution in [2.75, 3.05) is 27.2 Å². The summed E-state index contributed by atoms with van der Waals surface area (Å²) in [6, 6.07) is 2.48. The first kappa shape index (κ1) is 22.6. The summed E-state index contributed by atoms with van der Waals surface area (Å²) in [4.78, 5) is 19.7. The Balaban J connectivity index is 0.00000338. The SMILES string of the molecule is CCC(C)NC(=NCC(=O)N(C)C)N1CCc2c(F)cc(F)cc2C1.I. The van der Waals surface area contributed by atoms with E-state index in [9.17, 15) is 13.6 Å². The van der Waals surface area contributed by atoms with E-state index in [0.29, 0.717) is 36.6 Å². The lowest BCUT2D eigenvalue weighted by atomic mass is 9.99. The van der Waals surface area contributed by atoms with E-state index in [-0.39, 0.29) is 42.5 Å². The van der Waals surface area contributed by atoms with Gasteiger partial charge in [-0.05, 0) is 37.0 Å². The molecule has 0 fully saturated rings. The van der Waals surface area contributed by atoms with Crippen molar-refractivity contribution in [1.29, 1.82) is 0 Å². The van der Waals surface area contributed by atoms with Crippen LogP contribution in [0, 0.1) is 11.6 Å². The molecule has 1 aliphatic rings. The van der Waals surface area contributed by atoms with Gasteiger partial charge in [0.15, 0.2) is 5.96 Å². The Morgan fingerprint density at radius 3 is 2.69 bits per heavy atom. The number of likely N-dealkylation sites (N-methyl/N-ethyl adjacent to an activating group) is 1. The minimum Gasteiger partial charge on any atom is -0.354 e. The van der Waals surface area contributed by atoms with Gasteiger partial charge in [-0.25, -0.2) is 13.8 Å². The molecule has 1 aliphatic heterocycles. The first-order valence-corrected chi connectivity index (χ1v) is 8.54. The molecule has 0 aromatic heterocycles. The van der Waals surface area contributed by atoms with Crippen molar-refractivity contribution in [2.45, 2.75) is 39.3 Å². The lowest BCUT2D eigenvalue weighted by molar-refractivity contribution is -0.127. The Bertz CT molecular complexity index is 667.